The highest BCUT2D eigenvalue weighted by Crippen LogP contribution is 2.25. The monoisotopic (exact) mass is 478 g/mol. The summed E-state index contributed by atoms with van der Waals surface area (Å²) in [6.07, 6.45) is 5.28. The summed E-state index contributed by atoms with van der Waals surface area (Å²) >= 11 is 0. The van der Waals surface area contributed by atoms with Crippen molar-refractivity contribution in [2.75, 3.05) is 18.8 Å². The first-order valence-corrected chi connectivity index (χ1v) is 13.4. The number of carbonyl (C=O) groups is 1. The van der Waals surface area contributed by atoms with E-state index in [0.29, 0.717) is 30.3 Å². The molecular weight excluding hydrogens is 440 g/mol. The Morgan fingerprint density at radius 2 is 1.79 bits per heavy atom. The van der Waals surface area contributed by atoms with Crippen molar-refractivity contribution in [2.24, 2.45) is 5.92 Å². The van der Waals surface area contributed by atoms with Gasteiger partial charge < -0.3 is 14.6 Å². The molecule has 184 valence electrons. The van der Waals surface area contributed by atoms with Gasteiger partial charge in [0.25, 0.3) is 5.56 Å². The molecule has 0 bridgehead atoms. The second-order valence-corrected chi connectivity index (χ2v) is 11.6. The maximum atomic E-state index is 13.5. The van der Waals surface area contributed by atoms with Crippen molar-refractivity contribution >= 4 is 26.7 Å². The van der Waals surface area contributed by atoms with E-state index in [2.05, 4.69) is 18.8 Å². The fourth-order valence-corrected chi connectivity index (χ4v) is 5.70. The second kappa shape index (κ2) is 11.7. The number of unbranched alkanes of at least 4 members (excludes halogenated alkanes) is 2. The molecule has 0 spiro atoms. The minimum atomic E-state index is -3.69. The maximum Gasteiger partial charge on any atom is 0.410 e. The van der Waals surface area contributed by atoms with E-state index in [1.54, 1.807) is 29.2 Å². The van der Waals surface area contributed by atoms with Gasteiger partial charge in [-0.3, -0.25) is 4.79 Å². The Labute approximate surface area is 197 Å². The van der Waals surface area contributed by atoms with Gasteiger partial charge in [-0.1, -0.05) is 39.2 Å². The fraction of sp³-hybridized carbons (Fsp3) is 0.600. The number of carbonyl (C=O) groups excluding carboxylic acids is 1. The van der Waals surface area contributed by atoms with Crippen molar-refractivity contribution in [3.63, 3.8) is 0 Å². The summed E-state index contributed by atoms with van der Waals surface area (Å²) in [6, 6.07) is 6.39. The third-order valence-corrected chi connectivity index (χ3v) is 7.38. The first-order valence-electron chi connectivity index (χ1n) is 11.8. The van der Waals surface area contributed by atoms with Crippen molar-refractivity contribution < 1.29 is 17.9 Å². The molecule has 2 aromatic rings. The number of sulfone groups is 1. The minimum Gasteiger partial charge on any atom is -0.444 e. The van der Waals surface area contributed by atoms with Gasteiger partial charge >= 0.3 is 6.09 Å². The van der Waals surface area contributed by atoms with E-state index >= 15 is 0 Å². The van der Waals surface area contributed by atoms with Crippen LogP contribution < -0.4 is 5.56 Å². The van der Waals surface area contributed by atoms with Gasteiger partial charge in [-0.2, -0.15) is 0 Å². The predicted molar refractivity (Wildman–Crippen MR) is 132 cm³/mol. The number of H-pyrrole nitrogens is 1. The van der Waals surface area contributed by atoms with Gasteiger partial charge in [-0.15, -0.1) is 0 Å². The molecule has 1 unspecified atom stereocenters. The van der Waals surface area contributed by atoms with E-state index in [0.717, 1.165) is 25.7 Å². The van der Waals surface area contributed by atoms with Gasteiger partial charge in [-0.25, -0.2) is 13.2 Å². The molecular formula is C25H38N2O5S. The van der Waals surface area contributed by atoms with Crippen LogP contribution in [0.25, 0.3) is 10.8 Å². The third kappa shape index (κ3) is 7.88. The summed E-state index contributed by atoms with van der Waals surface area (Å²) in [5.41, 5.74) is -0.939. The van der Waals surface area contributed by atoms with Gasteiger partial charge in [0.15, 0.2) is 9.84 Å². The lowest BCUT2D eigenvalue weighted by Crippen LogP contribution is -2.41. The molecule has 1 aromatic carbocycles. The SMILES string of the molecule is CCCCC(CN(CCCC)C(=O)OC(C)(C)C)CS(=O)(=O)c1cccc2c(=O)[nH]ccc12. The lowest BCUT2D eigenvalue weighted by atomic mass is 10.0. The zero-order chi connectivity index (χ0) is 24.6. The largest absolute Gasteiger partial charge is 0.444 e. The van der Waals surface area contributed by atoms with Gasteiger partial charge in [0.1, 0.15) is 5.60 Å². The highest BCUT2D eigenvalue weighted by molar-refractivity contribution is 7.91. The van der Waals surface area contributed by atoms with E-state index in [-0.39, 0.29) is 22.1 Å². The minimum absolute atomic E-state index is 0.0929. The molecule has 0 aliphatic carbocycles. The van der Waals surface area contributed by atoms with Crippen LogP contribution in [0.3, 0.4) is 0 Å². The number of rotatable bonds is 11. The van der Waals surface area contributed by atoms with E-state index in [9.17, 15) is 18.0 Å². The van der Waals surface area contributed by atoms with Crippen LogP contribution in [0.5, 0.6) is 0 Å². The van der Waals surface area contributed by atoms with Gasteiger partial charge in [0, 0.05) is 30.1 Å². The highest BCUT2D eigenvalue weighted by atomic mass is 32.2. The number of amides is 1. The maximum absolute atomic E-state index is 13.5. The van der Waals surface area contributed by atoms with Crippen LogP contribution in [-0.4, -0.2) is 48.8 Å². The number of nitrogens with zero attached hydrogens (tertiary/aromatic N) is 1. The van der Waals surface area contributed by atoms with Crippen LogP contribution in [0.1, 0.15) is 66.7 Å². The molecule has 2 rings (SSSR count). The van der Waals surface area contributed by atoms with Crippen molar-refractivity contribution in [1.82, 2.24) is 9.88 Å². The molecule has 8 heteroatoms. The van der Waals surface area contributed by atoms with E-state index in [4.69, 9.17) is 4.74 Å². The molecule has 7 nitrogen and oxygen atoms in total. The van der Waals surface area contributed by atoms with Crippen LogP contribution >= 0.6 is 0 Å². The molecule has 0 aliphatic heterocycles. The number of fused-ring (bicyclic) bond motifs is 1. The average molecular weight is 479 g/mol. The van der Waals surface area contributed by atoms with Crippen molar-refractivity contribution in [3.05, 3.63) is 40.8 Å². The number of benzene rings is 1. The first kappa shape index (κ1) is 26.9. The molecule has 0 saturated heterocycles. The Balaban J connectivity index is 2.34. The van der Waals surface area contributed by atoms with Crippen LogP contribution in [0.4, 0.5) is 4.79 Å². The Kier molecular flexibility index (Phi) is 9.52. The number of hydrogen-bond acceptors (Lipinski definition) is 5. The topological polar surface area (TPSA) is 96.5 Å². The molecule has 0 radical (unpaired) electrons. The highest BCUT2D eigenvalue weighted by Gasteiger charge is 2.28. The summed E-state index contributed by atoms with van der Waals surface area (Å²) in [5, 5.41) is 0.771. The van der Waals surface area contributed by atoms with Gasteiger partial charge in [-0.05, 0) is 57.7 Å². The number of nitrogens with one attached hydrogen (secondary N) is 1. The van der Waals surface area contributed by atoms with Crippen LogP contribution in [-0.2, 0) is 14.6 Å². The summed E-state index contributed by atoms with van der Waals surface area (Å²) in [5.74, 6) is -0.332. The van der Waals surface area contributed by atoms with E-state index < -0.39 is 21.5 Å². The molecule has 1 aromatic heterocycles. The van der Waals surface area contributed by atoms with Crippen molar-refractivity contribution in [2.45, 2.75) is 77.2 Å². The number of aromatic amines is 1. The first-order chi connectivity index (χ1) is 15.5. The van der Waals surface area contributed by atoms with Crippen LogP contribution in [0.15, 0.2) is 40.2 Å². The zero-order valence-corrected chi connectivity index (χ0v) is 21.3. The molecule has 33 heavy (non-hydrogen) atoms. The molecule has 0 saturated carbocycles. The Bertz CT molecular complexity index is 1090. The predicted octanol–water partition coefficient (Wildman–Crippen LogP) is 5.15. The molecule has 0 aliphatic rings. The number of aromatic nitrogens is 1. The standard InChI is InChI=1S/C25H38N2O5S/c1-6-8-11-19(17-27(16-9-7-2)24(29)32-25(3,4)5)18-33(30,31)22-13-10-12-21-20(22)14-15-26-23(21)28/h10,12-15,19H,6-9,11,16-18H2,1-5H3,(H,26,28). The quantitative estimate of drug-likeness (QED) is 0.482. The third-order valence-electron chi connectivity index (χ3n) is 5.44. The number of pyridine rings is 1. The molecule has 1 amide bonds. The molecule has 1 N–H and O–H groups in total. The Morgan fingerprint density at radius 3 is 2.42 bits per heavy atom. The smallest absolute Gasteiger partial charge is 0.410 e. The van der Waals surface area contributed by atoms with E-state index in [1.807, 2.05) is 20.8 Å². The Hall–Kier alpha value is -2.35. The summed E-state index contributed by atoms with van der Waals surface area (Å²) in [6.45, 7) is 10.4. The van der Waals surface area contributed by atoms with Crippen LogP contribution in [0, 0.1) is 5.92 Å². The van der Waals surface area contributed by atoms with Gasteiger partial charge in [0.2, 0.25) is 0 Å². The average Bonchev–Trinajstić information content (AvgIpc) is 2.73. The summed E-state index contributed by atoms with van der Waals surface area (Å²) in [7, 11) is -3.69. The van der Waals surface area contributed by atoms with Crippen molar-refractivity contribution in [1.29, 1.82) is 0 Å². The lowest BCUT2D eigenvalue weighted by molar-refractivity contribution is 0.0220. The summed E-state index contributed by atoms with van der Waals surface area (Å²) in [4.78, 5) is 29.4. The number of ether oxygens (including phenoxy) is 1. The van der Waals surface area contributed by atoms with E-state index in [1.165, 1.54) is 6.20 Å². The molecule has 0 fully saturated rings. The lowest BCUT2D eigenvalue weighted by Gasteiger charge is -2.30. The second-order valence-electron chi connectivity index (χ2n) is 9.59. The Morgan fingerprint density at radius 1 is 1.09 bits per heavy atom. The molecule has 1 atom stereocenters. The molecule has 1 heterocycles. The normalized spacial score (nSPS) is 13.1. The fourth-order valence-electron chi connectivity index (χ4n) is 3.83. The van der Waals surface area contributed by atoms with Crippen LogP contribution in [0.2, 0.25) is 0 Å². The summed E-state index contributed by atoms with van der Waals surface area (Å²) < 4.78 is 32.5. The van der Waals surface area contributed by atoms with Crippen molar-refractivity contribution in [3.8, 4) is 0 Å². The number of hydrogen-bond donors (Lipinski definition) is 1. The zero-order valence-electron chi connectivity index (χ0n) is 20.5. The van der Waals surface area contributed by atoms with Gasteiger partial charge in [0.05, 0.1) is 10.6 Å².